The van der Waals surface area contributed by atoms with Gasteiger partial charge in [0.05, 0.1) is 11.9 Å². The van der Waals surface area contributed by atoms with Crippen LogP contribution in [0, 0.1) is 6.92 Å². The maximum atomic E-state index is 6.00. The molecule has 3 nitrogen and oxygen atoms in total. The molecule has 0 unspecified atom stereocenters. The quantitative estimate of drug-likeness (QED) is 0.587. The van der Waals surface area contributed by atoms with Crippen molar-refractivity contribution in [3.05, 3.63) is 71.9 Å². The van der Waals surface area contributed by atoms with Crippen molar-refractivity contribution in [2.45, 2.75) is 17.8 Å². The van der Waals surface area contributed by atoms with Gasteiger partial charge in [-0.25, -0.2) is 9.66 Å². The average Bonchev–Trinajstić information content (AvgIpc) is 2.89. The van der Waals surface area contributed by atoms with Gasteiger partial charge >= 0.3 is 0 Å². The van der Waals surface area contributed by atoms with Crippen LogP contribution in [0.1, 0.15) is 11.1 Å². The van der Waals surface area contributed by atoms with E-state index in [1.54, 1.807) is 16.4 Å². The Labute approximate surface area is 128 Å². The van der Waals surface area contributed by atoms with Gasteiger partial charge in [0, 0.05) is 11.3 Å². The molecule has 0 spiro atoms. The van der Waals surface area contributed by atoms with Crippen molar-refractivity contribution in [1.82, 2.24) is 9.66 Å². The summed E-state index contributed by atoms with van der Waals surface area (Å²) >= 11 is 1.65. The Morgan fingerprint density at radius 3 is 2.48 bits per heavy atom. The van der Waals surface area contributed by atoms with Gasteiger partial charge < -0.3 is 5.84 Å². The third-order valence-electron chi connectivity index (χ3n) is 3.26. The van der Waals surface area contributed by atoms with Crippen LogP contribution in [-0.2, 0) is 5.75 Å². The Hall–Kier alpha value is -2.20. The molecule has 0 aliphatic carbocycles. The van der Waals surface area contributed by atoms with E-state index in [-0.39, 0.29) is 0 Å². The molecule has 0 aliphatic heterocycles. The lowest BCUT2D eigenvalue weighted by Crippen LogP contribution is -2.07. The fourth-order valence-electron chi connectivity index (χ4n) is 2.06. The van der Waals surface area contributed by atoms with Crippen molar-refractivity contribution in [3.63, 3.8) is 0 Å². The molecular formula is C17H17N3S. The zero-order valence-electron chi connectivity index (χ0n) is 11.9. The third kappa shape index (κ3) is 3.28. The monoisotopic (exact) mass is 295 g/mol. The maximum absolute atomic E-state index is 6.00. The van der Waals surface area contributed by atoms with E-state index < -0.39 is 0 Å². The highest BCUT2D eigenvalue weighted by Crippen LogP contribution is 2.25. The normalized spacial score (nSPS) is 10.7. The molecule has 0 aliphatic rings. The fourth-order valence-corrected chi connectivity index (χ4v) is 2.92. The fraction of sp³-hybridized carbons (Fsp3) is 0.118. The second-order valence-electron chi connectivity index (χ2n) is 4.96. The van der Waals surface area contributed by atoms with Crippen LogP contribution in [0.5, 0.6) is 0 Å². The largest absolute Gasteiger partial charge is 0.337 e. The van der Waals surface area contributed by atoms with Gasteiger partial charge in [-0.1, -0.05) is 71.9 Å². The molecule has 1 aromatic heterocycles. The zero-order chi connectivity index (χ0) is 14.7. The molecule has 0 radical (unpaired) electrons. The Kier molecular flexibility index (Phi) is 3.97. The molecule has 0 amide bonds. The molecule has 3 aromatic rings. The first kappa shape index (κ1) is 13.8. The number of nitrogens with two attached hydrogens (primary N) is 1. The van der Waals surface area contributed by atoms with Crippen LogP contribution in [-0.4, -0.2) is 9.66 Å². The average molecular weight is 295 g/mol. The topological polar surface area (TPSA) is 43.8 Å². The van der Waals surface area contributed by atoms with Crippen molar-refractivity contribution >= 4 is 11.8 Å². The Bertz CT molecular complexity index is 718. The summed E-state index contributed by atoms with van der Waals surface area (Å²) in [6, 6.07) is 18.6. The minimum Gasteiger partial charge on any atom is -0.337 e. The van der Waals surface area contributed by atoms with E-state index in [0.29, 0.717) is 0 Å². The van der Waals surface area contributed by atoms with Gasteiger partial charge in [-0.15, -0.1) is 0 Å². The number of aryl methyl sites for hydroxylation is 1. The Balaban J connectivity index is 1.74. The highest BCUT2D eigenvalue weighted by Gasteiger charge is 2.08. The first-order valence-corrected chi connectivity index (χ1v) is 7.79. The number of nitrogen functional groups attached to an aromatic ring is 1. The maximum Gasteiger partial charge on any atom is 0.187 e. The molecule has 0 saturated carbocycles. The van der Waals surface area contributed by atoms with Gasteiger partial charge in [0.25, 0.3) is 0 Å². The first-order chi connectivity index (χ1) is 10.2. The lowest BCUT2D eigenvalue weighted by atomic mass is 10.2. The van der Waals surface area contributed by atoms with Crippen molar-refractivity contribution in [1.29, 1.82) is 0 Å². The molecule has 0 atom stereocenters. The van der Waals surface area contributed by atoms with Crippen LogP contribution in [0.25, 0.3) is 11.3 Å². The van der Waals surface area contributed by atoms with E-state index in [9.17, 15) is 0 Å². The van der Waals surface area contributed by atoms with Gasteiger partial charge in [-0.05, 0) is 12.5 Å². The molecule has 106 valence electrons. The number of thioether (sulfide) groups is 1. The molecule has 0 fully saturated rings. The lowest BCUT2D eigenvalue weighted by molar-refractivity contribution is 0.851. The smallest absolute Gasteiger partial charge is 0.187 e. The second kappa shape index (κ2) is 6.06. The van der Waals surface area contributed by atoms with Crippen LogP contribution in [0.2, 0.25) is 0 Å². The molecule has 21 heavy (non-hydrogen) atoms. The standard InChI is InChI=1S/C17H17N3S/c1-13-7-9-14(10-8-13)12-21-17-19-16(11-20(17)18)15-5-3-2-4-6-15/h2-11H,12,18H2,1H3. The van der Waals surface area contributed by atoms with Gasteiger partial charge in [-0.3, -0.25) is 0 Å². The molecule has 0 bridgehead atoms. The van der Waals surface area contributed by atoms with E-state index in [0.717, 1.165) is 22.2 Å². The zero-order valence-corrected chi connectivity index (χ0v) is 12.7. The van der Waals surface area contributed by atoms with Crippen molar-refractivity contribution in [3.8, 4) is 11.3 Å². The number of nitrogens with zero attached hydrogens (tertiary/aromatic N) is 2. The van der Waals surface area contributed by atoms with Gasteiger partial charge in [0.1, 0.15) is 0 Å². The summed E-state index contributed by atoms with van der Waals surface area (Å²) in [4.78, 5) is 4.61. The molecule has 0 saturated heterocycles. The molecule has 4 heteroatoms. The second-order valence-corrected chi connectivity index (χ2v) is 5.90. The summed E-state index contributed by atoms with van der Waals surface area (Å²) in [5.74, 6) is 6.86. The number of aromatic nitrogens is 2. The van der Waals surface area contributed by atoms with Gasteiger partial charge in [0.15, 0.2) is 5.16 Å². The first-order valence-electron chi connectivity index (χ1n) is 6.80. The highest BCUT2D eigenvalue weighted by molar-refractivity contribution is 7.98. The predicted octanol–water partition coefficient (Wildman–Crippen LogP) is 3.86. The number of hydrogen-bond donors (Lipinski definition) is 1. The Morgan fingerprint density at radius 2 is 1.76 bits per heavy atom. The molecule has 2 N–H and O–H groups in total. The highest BCUT2D eigenvalue weighted by atomic mass is 32.2. The van der Waals surface area contributed by atoms with Crippen LogP contribution in [0.4, 0.5) is 0 Å². The predicted molar refractivity (Wildman–Crippen MR) is 88.6 cm³/mol. The van der Waals surface area contributed by atoms with Crippen LogP contribution in [0.3, 0.4) is 0 Å². The molecular weight excluding hydrogens is 278 g/mol. The van der Waals surface area contributed by atoms with Gasteiger partial charge in [0.2, 0.25) is 0 Å². The van der Waals surface area contributed by atoms with Crippen molar-refractivity contribution < 1.29 is 0 Å². The summed E-state index contributed by atoms with van der Waals surface area (Å²) in [5.41, 5.74) is 4.54. The minimum atomic E-state index is 0.828. The molecule has 3 rings (SSSR count). The van der Waals surface area contributed by atoms with E-state index in [4.69, 9.17) is 5.84 Å². The van der Waals surface area contributed by atoms with Crippen LogP contribution >= 0.6 is 11.8 Å². The number of imidazole rings is 1. The number of benzene rings is 2. The summed E-state index contributed by atoms with van der Waals surface area (Å²) in [5, 5.41) is 0.828. The summed E-state index contributed by atoms with van der Waals surface area (Å²) in [6.07, 6.45) is 1.87. The van der Waals surface area contributed by atoms with E-state index >= 15 is 0 Å². The van der Waals surface area contributed by atoms with Crippen molar-refractivity contribution in [2.75, 3.05) is 5.84 Å². The third-order valence-corrected chi connectivity index (χ3v) is 4.29. The minimum absolute atomic E-state index is 0.828. The number of hydrogen-bond acceptors (Lipinski definition) is 3. The van der Waals surface area contributed by atoms with Crippen LogP contribution in [0.15, 0.2) is 66.0 Å². The van der Waals surface area contributed by atoms with E-state index in [1.165, 1.54) is 11.1 Å². The Morgan fingerprint density at radius 1 is 1.05 bits per heavy atom. The summed E-state index contributed by atoms with van der Waals surface area (Å²) in [6.45, 7) is 2.09. The van der Waals surface area contributed by atoms with Gasteiger partial charge in [-0.2, -0.15) is 0 Å². The molecule has 2 aromatic carbocycles. The number of rotatable bonds is 4. The van der Waals surface area contributed by atoms with E-state index in [2.05, 4.69) is 36.2 Å². The van der Waals surface area contributed by atoms with E-state index in [1.807, 2.05) is 36.5 Å². The lowest BCUT2D eigenvalue weighted by Gasteiger charge is -2.02. The van der Waals surface area contributed by atoms with Crippen molar-refractivity contribution in [2.24, 2.45) is 0 Å². The molecule has 1 heterocycles. The van der Waals surface area contributed by atoms with Crippen LogP contribution < -0.4 is 5.84 Å². The summed E-state index contributed by atoms with van der Waals surface area (Å²) < 4.78 is 1.60. The summed E-state index contributed by atoms with van der Waals surface area (Å²) in [7, 11) is 0. The SMILES string of the molecule is Cc1ccc(CSc2nc(-c3ccccc3)cn2N)cc1.